The lowest BCUT2D eigenvalue weighted by Gasteiger charge is -2.28. The number of rotatable bonds is 18. The fourth-order valence-electron chi connectivity index (χ4n) is 5.00. The summed E-state index contributed by atoms with van der Waals surface area (Å²) in [4.78, 5) is 34.2. The van der Waals surface area contributed by atoms with Crippen LogP contribution in [0, 0.1) is 0 Å². The maximum atomic E-state index is 12.2. The van der Waals surface area contributed by atoms with Gasteiger partial charge in [0, 0.05) is 31.3 Å². The van der Waals surface area contributed by atoms with Crippen LogP contribution in [0.5, 0.6) is 0 Å². The molecular weight excluding hydrogens is 478 g/mol. The Morgan fingerprint density at radius 1 is 0.921 bits per heavy atom. The Bertz CT molecular complexity index is 1030. The standard InChI is InChI=1S/C29H45N7O2/c1-5-17-35(18-6-2)20-8-7-19-34(4)27(29(37)38)25-11-9-24(10-12-25)21-36(22-26-30-13-14-31-26)23(3)28-32-15-16-33-28/h9-16,23,27H,5-8,17-22H2,1-4H3,(H,30,31)(H,32,33)(H,37,38). The second-order valence-corrected chi connectivity index (χ2v) is 10.1. The number of carboxylic acids is 1. The van der Waals surface area contributed by atoms with Gasteiger partial charge in [-0.2, -0.15) is 0 Å². The minimum absolute atomic E-state index is 0.0539. The zero-order chi connectivity index (χ0) is 27.3. The van der Waals surface area contributed by atoms with Crippen LogP contribution in [0.1, 0.15) is 81.3 Å². The van der Waals surface area contributed by atoms with Gasteiger partial charge in [0.05, 0.1) is 12.6 Å². The van der Waals surface area contributed by atoms with E-state index in [1.54, 1.807) is 12.4 Å². The number of aromatic amines is 2. The van der Waals surface area contributed by atoms with E-state index in [1.807, 2.05) is 48.6 Å². The molecule has 2 atom stereocenters. The molecule has 0 bridgehead atoms. The summed E-state index contributed by atoms with van der Waals surface area (Å²) in [6, 6.07) is 7.38. The van der Waals surface area contributed by atoms with Crippen molar-refractivity contribution < 1.29 is 9.90 Å². The highest BCUT2D eigenvalue weighted by Crippen LogP contribution is 2.24. The number of benzene rings is 1. The molecule has 2 aromatic heterocycles. The average Bonchev–Trinajstić information content (AvgIpc) is 3.62. The Kier molecular flexibility index (Phi) is 12.0. The number of likely N-dealkylation sites (N-methyl/N-ethyl adjacent to an activating group) is 1. The fraction of sp³-hybridized carbons (Fsp3) is 0.552. The van der Waals surface area contributed by atoms with Gasteiger partial charge in [-0.15, -0.1) is 0 Å². The molecule has 3 N–H and O–H groups in total. The van der Waals surface area contributed by atoms with Crippen LogP contribution in [0.4, 0.5) is 0 Å². The van der Waals surface area contributed by atoms with Crippen LogP contribution >= 0.6 is 0 Å². The molecule has 0 fully saturated rings. The van der Waals surface area contributed by atoms with Crippen LogP contribution in [0.3, 0.4) is 0 Å². The summed E-state index contributed by atoms with van der Waals surface area (Å²) in [6.45, 7) is 12.0. The van der Waals surface area contributed by atoms with E-state index in [0.29, 0.717) is 13.1 Å². The first-order chi connectivity index (χ1) is 18.4. The number of unbranched alkanes of at least 4 members (excludes halogenated alkanes) is 1. The van der Waals surface area contributed by atoms with Crippen molar-refractivity contribution in [3.05, 3.63) is 71.8 Å². The molecule has 1 aromatic carbocycles. The molecule has 0 saturated carbocycles. The molecule has 9 nitrogen and oxygen atoms in total. The summed E-state index contributed by atoms with van der Waals surface area (Å²) in [5.41, 5.74) is 1.91. The first-order valence-electron chi connectivity index (χ1n) is 13.9. The normalized spacial score (nSPS) is 13.4. The molecule has 3 aromatic rings. The van der Waals surface area contributed by atoms with Gasteiger partial charge < -0.3 is 20.0 Å². The van der Waals surface area contributed by atoms with Crippen LogP contribution in [-0.2, 0) is 17.9 Å². The summed E-state index contributed by atoms with van der Waals surface area (Å²) in [5, 5.41) is 10.0. The first kappa shape index (κ1) is 29.5. The van der Waals surface area contributed by atoms with Crippen LogP contribution in [0.2, 0.25) is 0 Å². The number of aromatic nitrogens is 4. The van der Waals surface area contributed by atoms with E-state index >= 15 is 0 Å². The number of aliphatic carboxylic acids is 1. The van der Waals surface area contributed by atoms with Gasteiger partial charge in [-0.1, -0.05) is 38.1 Å². The Morgan fingerprint density at radius 2 is 1.58 bits per heavy atom. The van der Waals surface area contributed by atoms with Crippen molar-refractivity contribution in [2.75, 3.05) is 33.2 Å². The van der Waals surface area contributed by atoms with E-state index in [9.17, 15) is 9.90 Å². The molecule has 0 spiro atoms. The van der Waals surface area contributed by atoms with Crippen molar-refractivity contribution in [3.8, 4) is 0 Å². The molecule has 0 saturated heterocycles. The number of carboxylic acid groups (broad SMARTS) is 1. The lowest BCUT2D eigenvalue weighted by Crippen LogP contribution is -2.32. The topological polar surface area (TPSA) is 104 Å². The minimum atomic E-state index is -0.815. The smallest absolute Gasteiger partial charge is 0.325 e. The van der Waals surface area contributed by atoms with E-state index in [4.69, 9.17) is 0 Å². The van der Waals surface area contributed by atoms with Gasteiger partial charge in [0.15, 0.2) is 0 Å². The second kappa shape index (κ2) is 15.4. The largest absolute Gasteiger partial charge is 0.480 e. The zero-order valence-electron chi connectivity index (χ0n) is 23.4. The molecular formula is C29H45N7O2. The summed E-state index contributed by atoms with van der Waals surface area (Å²) in [7, 11) is 1.92. The van der Waals surface area contributed by atoms with Crippen molar-refractivity contribution >= 4 is 5.97 Å². The summed E-state index contributed by atoms with van der Waals surface area (Å²) >= 11 is 0. The predicted octanol–water partition coefficient (Wildman–Crippen LogP) is 4.86. The maximum Gasteiger partial charge on any atom is 0.325 e. The molecule has 0 aliphatic heterocycles. The number of carbonyl (C=O) groups is 1. The SMILES string of the molecule is CCCN(CCC)CCCCN(C)C(C(=O)O)c1ccc(CN(Cc2ncc[nH]2)C(C)c2ncc[nH]2)cc1. The highest BCUT2D eigenvalue weighted by atomic mass is 16.4. The quantitative estimate of drug-likeness (QED) is 0.205. The van der Waals surface area contributed by atoms with Gasteiger partial charge in [0.2, 0.25) is 0 Å². The number of H-pyrrole nitrogens is 2. The number of hydrogen-bond acceptors (Lipinski definition) is 6. The van der Waals surface area contributed by atoms with Crippen molar-refractivity contribution in [2.45, 2.75) is 71.6 Å². The maximum absolute atomic E-state index is 12.2. The average molecular weight is 524 g/mol. The Morgan fingerprint density at radius 3 is 2.16 bits per heavy atom. The summed E-state index contributed by atoms with van der Waals surface area (Å²) in [5.74, 6) is 0.970. The summed E-state index contributed by atoms with van der Waals surface area (Å²) < 4.78 is 0. The van der Waals surface area contributed by atoms with Crippen molar-refractivity contribution in [2.24, 2.45) is 0 Å². The molecule has 0 radical (unpaired) electrons. The third kappa shape index (κ3) is 8.79. The van der Waals surface area contributed by atoms with Gasteiger partial charge in [-0.25, -0.2) is 9.97 Å². The van der Waals surface area contributed by atoms with Gasteiger partial charge in [0.1, 0.15) is 17.7 Å². The number of imidazole rings is 2. The van der Waals surface area contributed by atoms with Crippen LogP contribution in [0.15, 0.2) is 49.1 Å². The third-order valence-corrected chi connectivity index (χ3v) is 7.04. The lowest BCUT2D eigenvalue weighted by molar-refractivity contribution is -0.143. The third-order valence-electron chi connectivity index (χ3n) is 7.04. The van der Waals surface area contributed by atoms with Gasteiger partial charge in [-0.05, 0) is 77.0 Å². The van der Waals surface area contributed by atoms with Gasteiger partial charge in [-0.3, -0.25) is 14.6 Å². The van der Waals surface area contributed by atoms with Crippen LogP contribution in [0.25, 0.3) is 0 Å². The molecule has 0 aliphatic carbocycles. The Balaban J connectivity index is 1.62. The van der Waals surface area contributed by atoms with Gasteiger partial charge >= 0.3 is 5.97 Å². The van der Waals surface area contributed by atoms with E-state index < -0.39 is 12.0 Å². The molecule has 2 unspecified atom stereocenters. The minimum Gasteiger partial charge on any atom is -0.480 e. The Labute approximate surface area is 227 Å². The van der Waals surface area contributed by atoms with Crippen LogP contribution in [-0.4, -0.2) is 78.9 Å². The van der Waals surface area contributed by atoms with E-state index in [2.05, 4.69) is 50.5 Å². The number of nitrogens with zero attached hydrogens (tertiary/aromatic N) is 5. The lowest BCUT2D eigenvalue weighted by atomic mass is 10.0. The van der Waals surface area contributed by atoms with E-state index in [1.165, 1.54) is 12.8 Å². The van der Waals surface area contributed by atoms with Crippen molar-refractivity contribution in [1.82, 2.24) is 34.6 Å². The zero-order valence-corrected chi connectivity index (χ0v) is 23.4. The first-order valence-corrected chi connectivity index (χ1v) is 13.9. The number of hydrogen-bond donors (Lipinski definition) is 3. The Hall–Kier alpha value is -3.01. The predicted molar refractivity (Wildman–Crippen MR) is 151 cm³/mol. The fourth-order valence-corrected chi connectivity index (χ4v) is 5.00. The molecule has 38 heavy (non-hydrogen) atoms. The molecule has 9 heteroatoms. The van der Waals surface area contributed by atoms with Crippen molar-refractivity contribution in [1.29, 1.82) is 0 Å². The number of nitrogens with one attached hydrogen (secondary N) is 2. The highest BCUT2D eigenvalue weighted by Gasteiger charge is 2.25. The molecule has 0 aliphatic rings. The van der Waals surface area contributed by atoms with E-state index in [-0.39, 0.29) is 6.04 Å². The monoisotopic (exact) mass is 523 g/mol. The highest BCUT2D eigenvalue weighted by molar-refractivity contribution is 5.75. The van der Waals surface area contributed by atoms with Crippen molar-refractivity contribution in [3.63, 3.8) is 0 Å². The summed E-state index contributed by atoms with van der Waals surface area (Å²) in [6.07, 6.45) is 11.6. The molecule has 3 rings (SSSR count). The molecule has 2 heterocycles. The van der Waals surface area contributed by atoms with Crippen LogP contribution < -0.4 is 0 Å². The van der Waals surface area contributed by atoms with Gasteiger partial charge in [0.25, 0.3) is 0 Å². The second-order valence-electron chi connectivity index (χ2n) is 10.1. The molecule has 208 valence electrons. The molecule has 0 amide bonds. The van der Waals surface area contributed by atoms with E-state index in [0.717, 1.165) is 61.8 Å².